The Morgan fingerprint density at radius 1 is 1.11 bits per heavy atom. The Labute approximate surface area is 207 Å². The maximum atomic E-state index is 14.3. The molecule has 36 heavy (non-hydrogen) atoms. The number of sulfonamides is 1. The van der Waals surface area contributed by atoms with Crippen molar-refractivity contribution in [3.63, 3.8) is 0 Å². The minimum atomic E-state index is -4.60. The molecule has 0 saturated carbocycles. The summed E-state index contributed by atoms with van der Waals surface area (Å²) in [5.74, 6) is -2.93. The summed E-state index contributed by atoms with van der Waals surface area (Å²) >= 11 is 0. The Bertz CT molecular complexity index is 1220. The first-order valence-corrected chi connectivity index (χ1v) is 13.1. The highest BCUT2D eigenvalue weighted by molar-refractivity contribution is 7.92. The van der Waals surface area contributed by atoms with Gasteiger partial charge in [-0.2, -0.15) is 13.2 Å². The Balaban J connectivity index is 2.35. The Morgan fingerprint density at radius 3 is 2.22 bits per heavy atom. The van der Waals surface area contributed by atoms with Gasteiger partial charge in [-0.05, 0) is 54.7 Å². The van der Waals surface area contributed by atoms with Gasteiger partial charge in [0.1, 0.15) is 11.4 Å². The molecule has 0 aliphatic carbocycles. The molecule has 1 atom stereocenters. The van der Waals surface area contributed by atoms with Gasteiger partial charge in [0, 0.05) is 11.8 Å². The van der Waals surface area contributed by atoms with E-state index in [0.29, 0.717) is 30.4 Å². The van der Waals surface area contributed by atoms with Gasteiger partial charge >= 0.3 is 6.18 Å². The minimum Gasteiger partial charge on any atom is -0.346 e. The van der Waals surface area contributed by atoms with E-state index in [1.807, 2.05) is 6.92 Å². The van der Waals surface area contributed by atoms with Crippen LogP contribution in [0.25, 0.3) is 5.57 Å². The van der Waals surface area contributed by atoms with Gasteiger partial charge in [0.2, 0.25) is 15.9 Å². The van der Waals surface area contributed by atoms with Gasteiger partial charge in [-0.1, -0.05) is 32.8 Å². The van der Waals surface area contributed by atoms with E-state index in [9.17, 15) is 35.2 Å². The number of hydrogen-bond donors (Lipinski definition) is 2. The highest BCUT2D eigenvalue weighted by Crippen LogP contribution is 2.31. The monoisotopic (exact) mass is 533 g/mol. The molecule has 2 aromatic rings. The second kappa shape index (κ2) is 11.8. The first-order chi connectivity index (χ1) is 16.7. The summed E-state index contributed by atoms with van der Waals surface area (Å²) in [5, 5.41) is 2.58. The molecule has 1 unspecified atom stereocenters. The predicted octanol–water partition coefficient (Wildman–Crippen LogP) is 5.76. The number of rotatable bonds is 10. The van der Waals surface area contributed by atoms with Gasteiger partial charge in [-0.15, -0.1) is 0 Å². The van der Waals surface area contributed by atoms with Crippen molar-refractivity contribution in [3.8, 4) is 0 Å². The molecule has 6 nitrogen and oxygen atoms in total. The van der Waals surface area contributed by atoms with Crippen molar-refractivity contribution in [2.24, 2.45) is 0 Å². The molecule has 198 valence electrons. The van der Waals surface area contributed by atoms with E-state index < -0.39 is 51.2 Å². The van der Waals surface area contributed by atoms with Crippen LogP contribution in [0.1, 0.15) is 68.6 Å². The Kier molecular flexibility index (Phi) is 9.58. The zero-order valence-electron chi connectivity index (χ0n) is 20.3. The number of pyridine rings is 1. The smallest absolute Gasteiger partial charge is 0.346 e. The van der Waals surface area contributed by atoms with E-state index in [1.54, 1.807) is 11.6 Å². The molecular formula is C24H28F5N3O3S. The lowest BCUT2D eigenvalue weighted by molar-refractivity contribution is -0.141. The van der Waals surface area contributed by atoms with Crippen molar-refractivity contribution in [3.05, 3.63) is 64.5 Å². The molecule has 1 heterocycles. The molecule has 0 aliphatic heterocycles. The van der Waals surface area contributed by atoms with E-state index in [2.05, 4.69) is 10.3 Å². The molecule has 0 saturated heterocycles. The van der Waals surface area contributed by atoms with E-state index in [1.165, 1.54) is 19.1 Å². The molecular weight excluding hydrogens is 505 g/mol. The molecule has 1 aromatic heterocycles. The SMILES string of the molecule is CCC/C(=C/C(=O)NC(C)c1cc(F)c(NS(C)(=O)=O)c(F)c1)c1ccc(C(F)(F)F)nc1CCC. The maximum Gasteiger partial charge on any atom is 0.433 e. The zero-order valence-corrected chi connectivity index (χ0v) is 21.1. The highest BCUT2D eigenvalue weighted by Gasteiger charge is 2.33. The molecule has 2 N–H and O–H groups in total. The van der Waals surface area contributed by atoms with Gasteiger partial charge in [0.25, 0.3) is 0 Å². The molecule has 0 fully saturated rings. The number of allylic oxidation sites excluding steroid dienone is 1. The quantitative estimate of drug-likeness (QED) is 0.300. The van der Waals surface area contributed by atoms with Crippen LogP contribution in [-0.2, 0) is 27.4 Å². The number of halogens is 5. The first-order valence-electron chi connectivity index (χ1n) is 11.2. The van der Waals surface area contributed by atoms with Gasteiger partial charge in [-0.25, -0.2) is 22.2 Å². The average Bonchev–Trinajstić information content (AvgIpc) is 2.74. The van der Waals surface area contributed by atoms with E-state index in [4.69, 9.17) is 0 Å². The predicted molar refractivity (Wildman–Crippen MR) is 128 cm³/mol. The van der Waals surface area contributed by atoms with Crippen LogP contribution in [-0.4, -0.2) is 25.6 Å². The normalized spacial score (nSPS) is 13.4. The third-order valence-corrected chi connectivity index (χ3v) is 5.71. The van der Waals surface area contributed by atoms with Crippen LogP contribution in [0.4, 0.5) is 27.6 Å². The molecule has 1 amide bonds. The van der Waals surface area contributed by atoms with Crippen LogP contribution in [0.5, 0.6) is 0 Å². The van der Waals surface area contributed by atoms with Crippen molar-refractivity contribution in [1.29, 1.82) is 0 Å². The lowest BCUT2D eigenvalue weighted by atomic mass is 9.96. The van der Waals surface area contributed by atoms with Crippen LogP contribution in [0.2, 0.25) is 0 Å². The number of nitrogens with zero attached hydrogens (tertiary/aromatic N) is 1. The first kappa shape index (κ1) is 29.2. The van der Waals surface area contributed by atoms with Crippen LogP contribution in [0, 0.1) is 11.6 Å². The van der Waals surface area contributed by atoms with Gasteiger partial charge in [0.05, 0.1) is 12.3 Å². The molecule has 2 rings (SSSR count). The number of carbonyl (C=O) groups excluding carboxylic acids is 1. The highest BCUT2D eigenvalue weighted by atomic mass is 32.2. The number of alkyl halides is 3. The number of carbonyl (C=O) groups is 1. The lowest BCUT2D eigenvalue weighted by Gasteiger charge is -2.17. The van der Waals surface area contributed by atoms with E-state index in [0.717, 1.165) is 24.5 Å². The number of anilines is 1. The molecule has 0 bridgehead atoms. The largest absolute Gasteiger partial charge is 0.433 e. The molecule has 0 aliphatic rings. The number of nitrogens with one attached hydrogen (secondary N) is 2. The number of hydrogen-bond acceptors (Lipinski definition) is 4. The summed E-state index contributed by atoms with van der Waals surface area (Å²) < 4.78 is 92.4. The summed E-state index contributed by atoms with van der Waals surface area (Å²) in [6, 6.07) is 3.11. The van der Waals surface area contributed by atoms with Crippen molar-refractivity contribution < 1.29 is 35.2 Å². The summed E-state index contributed by atoms with van der Waals surface area (Å²) in [5.41, 5.74) is -0.652. The van der Waals surface area contributed by atoms with Crippen molar-refractivity contribution in [1.82, 2.24) is 10.3 Å². The average molecular weight is 534 g/mol. The second-order valence-corrected chi connectivity index (χ2v) is 10.1. The summed E-state index contributed by atoms with van der Waals surface area (Å²) in [6.07, 6.45) is -0.779. The van der Waals surface area contributed by atoms with E-state index in [-0.39, 0.29) is 17.7 Å². The fraction of sp³-hybridized carbons (Fsp3) is 0.417. The minimum absolute atomic E-state index is 0.0470. The molecule has 0 radical (unpaired) electrons. The molecule has 0 spiro atoms. The third-order valence-electron chi connectivity index (χ3n) is 5.13. The van der Waals surface area contributed by atoms with Crippen LogP contribution in [0.15, 0.2) is 30.3 Å². The van der Waals surface area contributed by atoms with Gasteiger partial charge < -0.3 is 5.32 Å². The van der Waals surface area contributed by atoms with Crippen molar-refractivity contribution in [2.45, 2.75) is 58.7 Å². The van der Waals surface area contributed by atoms with Crippen LogP contribution in [0.3, 0.4) is 0 Å². The number of aryl methyl sites for hydroxylation is 1. The van der Waals surface area contributed by atoms with Gasteiger partial charge in [0.15, 0.2) is 11.6 Å². The Morgan fingerprint density at radius 2 is 1.72 bits per heavy atom. The van der Waals surface area contributed by atoms with E-state index >= 15 is 0 Å². The summed E-state index contributed by atoms with van der Waals surface area (Å²) in [6.45, 7) is 5.13. The zero-order chi connectivity index (χ0) is 27.3. The van der Waals surface area contributed by atoms with Crippen LogP contribution < -0.4 is 10.0 Å². The lowest BCUT2D eigenvalue weighted by Crippen LogP contribution is -2.25. The number of amides is 1. The summed E-state index contributed by atoms with van der Waals surface area (Å²) in [7, 11) is -3.91. The summed E-state index contributed by atoms with van der Waals surface area (Å²) in [4.78, 5) is 16.5. The topological polar surface area (TPSA) is 88.2 Å². The third kappa shape index (κ3) is 8.00. The fourth-order valence-electron chi connectivity index (χ4n) is 3.56. The molecule has 1 aromatic carbocycles. The Hall–Kier alpha value is -3.02. The van der Waals surface area contributed by atoms with Crippen molar-refractivity contribution >= 4 is 27.2 Å². The fourth-order valence-corrected chi connectivity index (χ4v) is 4.12. The van der Waals surface area contributed by atoms with Gasteiger partial charge in [-0.3, -0.25) is 9.52 Å². The maximum absolute atomic E-state index is 14.3. The number of benzene rings is 1. The number of aromatic nitrogens is 1. The second-order valence-electron chi connectivity index (χ2n) is 8.32. The van der Waals surface area contributed by atoms with Crippen LogP contribution >= 0.6 is 0 Å². The van der Waals surface area contributed by atoms with Crippen molar-refractivity contribution in [2.75, 3.05) is 11.0 Å². The standard InChI is InChI=1S/C24H28F5N3O3S/c1-5-7-15(17-9-10-21(24(27,28)29)31-20(17)8-6-2)13-22(33)30-14(3)16-11-18(25)23(19(26)12-16)32-36(4,34)35/h9-14,32H,5-8H2,1-4H3,(H,30,33)/b15-13-. The molecule has 12 heteroatoms.